The number of benzene rings is 2. The van der Waals surface area contributed by atoms with Gasteiger partial charge >= 0.3 is 0 Å². The van der Waals surface area contributed by atoms with E-state index < -0.39 is 6.04 Å². The fourth-order valence-electron chi connectivity index (χ4n) is 4.08. The van der Waals surface area contributed by atoms with Gasteiger partial charge in [0.05, 0.1) is 12.1 Å². The summed E-state index contributed by atoms with van der Waals surface area (Å²) in [6.45, 7) is 6.74. The largest absolute Gasteiger partial charge is 0.508 e. The minimum Gasteiger partial charge on any atom is -0.508 e. The highest BCUT2D eigenvalue weighted by Gasteiger charge is 2.42. The molecule has 0 fully saturated rings. The number of hydrogen-bond donors (Lipinski definition) is 3. The summed E-state index contributed by atoms with van der Waals surface area (Å²) < 4.78 is 5.64. The second-order valence-corrected chi connectivity index (χ2v) is 8.66. The van der Waals surface area contributed by atoms with E-state index >= 15 is 0 Å². The lowest BCUT2D eigenvalue weighted by molar-refractivity contribution is 0.0601. The maximum Gasteiger partial charge on any atom is 0.273 e. The lowest BCUT2D eigenvalue weighted by atomic mass is 9.95. The predicted molar refractivity (Wildman–Crippen MR) is 122 cm³/mol. The predicted octanol–water partition coefficient (Wildman–Crippen LogP) is 4.81. The number of aromatic hydroxyl groups is 2. The number of nitrogens with zero attached hydrogens (tertiary/aromatic N) is 2. The van der Waals surface area contributed by atoms with Gasteiger partial charge in [-0.3, -0.25) is 9.89 Å². The second kappa shape index (κ2) is 8.84. The van der Waals surface area contributed by atoms with Crippen LogP contribution in [0.1, 0.15) is 53.5 Å². The Balaban J connectivity index is 1.79. The number of halogens is 1. The van der Waals surface area contributed by atoms with Gasteiger partial charge in [-0.15, -0.1) is 0 Å². The number of carbonyl (C=O) groups is 1. The first-order valence-electron chi connectivity index (χ1n) is 10.6. The first kappa shape index (κ1) is 22.2. The van der Waals surface area contributed by atoms with Crippen LogP contribution in [0, 0.1) is 6.92 Å². The molecule has 0 radical (unpaired) electrons. The van der Waals surface area contributed by atoms with Crippen molar-refractivity contribution >= 4 is 17.5 Å². The SMILES string of the molecule is Cc1cc(O)c(-c2n[nH]c3c2C(c2cccc(O)c2)N(CCCOC(C)C)C3=O)cc1Cl. The molecular formula is C24H26ClN3O4. The third-order valence-electron chi connectivity index (χ3n) is 5.58. The fraction of sp³-hybridized carbons (Fsp3) is 0.333. The maximum atomic E-state index is 13.3. The molecule has 2 heterocycles. The Morgan fingerprint density at radius 1 is 1.25 bits per heavy atom. The van der Waals surface area contributed by atoms with Gasteiger partial charge in [-0.25, -0.2) is 0 Å². The Morgan fingerprint density at radius 2 is 2.03 bits per heavy atom. The quantitative estimate of drug-likeness (QED) is 0.444. The van der Waals surface area contributed by atoms with Gasteiger partial charge in [0, 0.05) is 29.3 Å². The molecule has 8 heteroatoms. The number of amides is 1. The highest BCUT2D eigenvalue weighted by Crippen LogP contribution is 2.45. The molecule has 1 aliphatic rings. The fourth-order valence-corrected chi connectivity index (χ4v) is 4.25. The Hall–Kier alpha value is -3.03. The average molecular weight is 456 g/mol. The Morgan fingerprint density at radius 3 is 2.75 bits per heavy atom. The van der Waals surface area contributed by atoms with Crippen molar-refractivity contribution < 1.29 is 19.7 Å². The number of phenolic OH excluding ortho intramolecular Hbond substituents is 2. The van der Waals surface area contributed by atoms with Crippen LogP contribution in [0.25, 0.3) is 11.3 Å². The number of hydrogen-bond acceptors (Lipinski definition) is 5. The van der Waals surface area contributed by atoms with E-state index in [0.29, 0.717) is 47.1 Å². The van der Waals surface area contributed by atoms with Crippen molar-refractivity contribution in [3.8, 4) is 22.8 Å². The second-order valence-electron chi connectivity index (χ2n) is 8.25. The van der Waals surface area contributed by atoms with Crippen molar-refractivity contribution in [2.75, 3.05) is 13.2 Å². The van der Waals surface area contributed by atoms with Crippen molar-refractivity contribution in [3.63, 3.8) is 0 Å². The van der Waals surface area contributed by atoms with E-state index in [4.69, 9.17) is 16.3 Å². The molecule has 0 bridgehead atoms. The number of ether oxygens (including phenoxy) is 1. The molecule has 1 aromatic heterocycles. The Bertz CT molecular complexity index is 1160. The Kier molecular flexibility index (Phi) is 6.13. The lowest BCUT2D eigenvalue weighted by Gasteiger charge is -2.26. The molecule has 2 aromatic carbocycles. The van der Waals surface area contributed by atoms with E-state index in [0.717, 1.165) is 11.1 Å². The van der Waals surface area contributed by atoms with Crippen LogP contribution < -0.4 is 0 Å². The molecular weight excluding hydrogens is 430 g/mol. The zero-order chi connectivity index (χ0) is 23.0. The smallest absolute Gasteiger partial charge is 0.273 e. The summed E-state index contributed by atoms with van der Waals surface area (Å²) in [6.07, 6.45) is 0.775. The molecule has 7 nitrogen and oxygen atoms in total. The minimum absolute atomic E-state index is 0.0343. The summed E-state index contributed by atoms with van der Waals surface area (Å²) in [5, 5.41) is 28.4. The van der Waals surface area contributed by atoms with Gasteiger partial charge in [0.1, 0.15) is 22.9 Å². The van der Waals surface area contributed by atoms with Crippen LogP contribution >= 0.6 is 11.6 Å². The number of phenols is 2. The summed E-state index contributed by atoms with van der Waals surface area (Å²) in [6, 6.07) is 9.60. The van der Waals surface area contributed by atoms with Gasteiger partial charge in [0.25, 0.3) is 5.91 Å². The minimum atomic E-state index is -0.475. The highest BCUT2D eigenvalue weighted by atomic mass is 35.5. The summed E-state index contributed by atoms with van der Waals surface area (Å²) in [5.74, 6) is -0.0424. The van der Waals surface area contributed by atoms with Crippen LogP contribution in [-0.4, -0.2) is 50.5 Å². The van der Waals surface area contributed by atoms with Crippen molar-refractivity contribution in [3.05, 3.63) is 63.8 Å². The number of rotatable bonds is 7. The maximum absolute atomic E-state index is 13.3. The van der Waals surface area contributed by atoms with Crippen molar-refractivity contribution in [1.82, 2.24) is 15.1 Å². The number of aromatic amines is 1. The van der Waals surface area contributed by atoms with E-state index in [2.05, 4.69) is 10.2 Å². The molecule has 1 amide bonds. The number of aromatic nitrogens is 2. The topological polar surface area (TPSA) is 98.7 Å². The van der Waals surface area contributed by atoms with Gasteiger partial charge in [-0.05, 0) is 62.6 Å². The summed E-state index contributed by atoms with van der Waals surface area (Å²) >= 11 is 6.32. The van der Waals surface area contributed by atoms with Crippen molar-refractivity contribution in [1.29, 1.82) is 0 Å². The molecule has 32 heavy (non-hydrogen) atoms. The van der Waals surface area contributed by atoms with Crippen molar-refractivity contribution in [2.45, 2.75) is 39.3 Å². The lowest BCUT2D eigenvalue weighted by Crippen LogP contribution is -2.31. The number of fused-ring (bicyclic) bond motifs is 1. The molecule has 3 N–H and O–H groups in total. The molecule has 0 spiro atoms. The molecule has 4 rings (SSSR count). The standard InChI is InChI=1S/C24H26ClN3O4/c1-13(2)32-9-5-8-28-23(15-6-4-7-16(29)11-15)20-21(26-27-22(20)24(28)31)17-12-18(25)14(3)10-19(17)30/h4,6-7,10-13,23,29-30H,5,8-9H2,1-3H3,(H,26,27). The molecule has 0 aliphatic carbocycles. The van der Waals surface area contributed by atoms with E-state index in [9.17, 15) is 15.0 Å². The van der Waals surface area contributed by atoms with Gasteiger partial charge in [0.2, 0.25) is 0 Å². The molecule has 1 unspecified atom stereocenters. The van der Waals surface area contributed by atoms with Crippen LogP contribution in [0.15, 0.2) is 36.4 Å². The normalized spacial score (nSPS) is 15.6. The van der Waals surface area contributed by atoms with E-state index in [1.54, 1.807) is 42.2 Å². The van der Waals surface area contributed by atoms with Crippen LogP contribution in [-0.2, 0) is 4.74 Å². The Labute approximate surface area is 191 Å². The van der Waals surface area contributed by atoms with Crippen molar-refractivity contribution in [2.24, 2.45) is 0 Å². The van der Waals surface area contributed by atoms with Crippen LogP contribution in [0.4, 0.5) is 0 Å². The van der Waals surface area contributed by atoms with Gasteiger partial charge in [-0.2, -0.15) is 5.10 Å². The highest BCUT2D eigenvalue weighted by molar-refractivity contribution is 6.31. The zero-order valence-electron chi connectivity index (χ0n) is 18.2. The molecule has 0 saturated carbocycles. The summed E-state index contributed by atoms with van der Waals surface area (Å²) in [5.41, 5.74) is 3.42. The van der Waals surface area contributed by atoms with E-state index in [-0.39, 0.29) is 23.5 Å². The van der Waals surface area contributed by atoms with Gasteiger partial charge < -0.3 is 19.8 Å². The molecule has 1 aliphatic heterocycles. The first-order valence-corrected chi connectivity index (χ1v) is 10.9. The first-order chi connectivity index (χ1) is 15.3. The summed E-state index contributed by atoms with van der Waals surface area (Å²) in [4.78, 5) is 15.1. The molecule has 168 valence electrons. The molecule has 1 atom stereocenters. The number of carbonyl (C=O) groups excluding carboxylic acids is 1. The monoisotopic (exact) mass is 455 g/mol. The van der Waals surface area contributed by atoms with Gasteiger partial charge in [-0.1, -0.05) is 23.7 Å². The average Bonchev–Trinajstić information content (AvgIpc) is 3.27. The molecule has 3 aromatic rings. The summed E-state index contributed by atoms with van der Waals surface area (Å²) in [7, 11) is 0. The van der Waals surface area contributed by atoms with Crippen LogP contribution in [0.5, 0.6) is 11.5 Å². The van der Waals surface area contributed by atoms with Crippen LogP contribution in [0.3, 0.4) is 0 Å². The van der Waals surface area contributed by atoms with E-state index in [1.165, 1.54) is 0 Å². The van der Waals surface area contributed by atoms with Crippen LogP contribution in [0.2, 0.25) is 5.02 Å². The molecule has 0 saturated heterocycles. The number of H-pyrrole nitrogens is 1. The number of nitrogens with one attached hydrogen (secondary N) is 1. The number of aryl methyl sites for hydroxylation is 1. The van der Waals surface area contributed by atoms with E-state index in [1.807, 2.05) is 19.9 Å². The van der Waals surface area contributed by atoms with Gasteiger partial charge in [0.15, 0.2) is 0 Å². The third-order valence-corrected chi connectivity index (χ3v) is 5.98. The zero-order valence-corrected chi connectivity index (χ0v) is 19.0. The third kappa shape index (κ3) is 4.06.